The molecule has 1 rings (SSSR count). The summed E-state index contributed by atoms with van der Waals surface area (Å²) in [7, 11) is 0. The zero-order valence-electron chi connectivity index (χ0n) is 14.0. The Hall–Kier alpha value is -1.31. The first kappa shape index (κ1) is 16.7. The van der Waals surface area contributed by atoms with Gasteiger partial charge < -0.3 is 5.32 Å². The highest BCUT2D eigenvalue weighted by molar-refractivity contribution is 5.80. The summed E-state index contributed by atoms with van der Waals surface area (Å²) in [4.78, 5) is 12.6. The number of aryl methyl sites for hydroxylation is 1. The molecule has 1 amide bonds. The van der Waals surface area contributed by atoms with Gasteiger partial charge in [0, 0.05) is 5.92 Å². The van der Waals surface area contributed by atoms with E-state index in [4.69, 9.17) is 0 Å². The molecule has 0 aromatic heterocycles. The predicted molar refractivity (Wildman–Crippen MR) is 85.6 cm³/mol. The van der Waals surface area contributed by atoms with Crippen molar-refractivity contribution in [3.05, 3.63) is 35.4 Å². The topological polar surface area (TPSA) is 29.1 Å². The molecule has 0 spiro atoms. The summed E-state index contributed by atoms with van der Waals surface area (Å²) in [6.45, 7) is 14.7. The first-order chi connectivity index (χ1) is 9.08. The largest absolute Gasteiger partial charge is 0.347 e. The fourth-order valence-corrected chi connectivity index (χ4v) is 2.69. The molecule has 2 nitrogen and oxygen atoms in total. The zero-order chi connectivity index (χ0) is 15.6. The summed E-state index contributed by atoms with van der Waals surface area (Å²) in [6, 6.07) is 8.33. The molecule has 2 heteroatoms. The second-order valence-electron chi connectivity index (χ2n) is 7.31. The molecule has 112 valence electrons. The molecule has 0 aliphatic rings. The van der Waals surface area contributed by atoms with Gasteiger partial charge in [-0.15, -0.1) is 0 Å². The Morgan fingerprint density at radius 2 is 1.80 bits per heavy atom. The molecular weight excluding hydrogens is 246 g/mol. The van der Waals surface area contributed by atoms with Crippen LogP contribution in [0.15, 0.2) is 24.3 Å². The van der Waals surface area contributed by atoms with Gasteiger partial charge in [0.1, 0.15) is 0 Å². The molecule has 1 atom stereocenters. The molecule has 0 fully saturated rings. The number of carbonyl (C=O) groups excluding carboxylic acids is 1. The Balaban J connectivity index is 2.93. The highest BCUT2D eigenvalue weighted by Crippen LogP contribution is 2.30. The highest BCUT2D eigenvalue weighted by atomic mass is 16.2. The van der Waals surface area contributed by atoms with E-state index in [1.165, 1.54) is 5.56 Å². The SMILES string of the molecule is CCC(C(=O)NC(C)(C)c1cccc(C)c1)C(C)(C)C. The molecule has 20 heavy (non-hydrogen) atoms. The van der Waals surface area contributed by atoms with Gasteiger partial charge in [0.25, 0.3) is 0 Å². The van der Waals surface area contributed by atoms with Crippen molar-refractivity contribution in [2.75, 3.05) is 0 Å². The van der Waals surface area contributed by atoms with E-state index < -0.39 is 0 Å². The Bertz CT molecular complexity index is 469. The van der Waals surface area contributed by atoms with Gasteiger partial charge in [0.05, 0.1) is 5.54 Å². The quantitative estimate of drug-likeness (QED) is 0.866. The lowest BCUT2D eigenvalue weighted by Gasteiger charge is -2.34. The van der Waals surface area contributed by atoms with Crippen LogP contribution in [0, 0.1) is 18.3 Å². The van der Waals surface area contributed by atoms with Crippen molar-refractivity contribution in [3.63, 3.8) is 0 Å². The minimum absolute atomic E-state index is 0.0124. The molecule has 0 aliphatic carbocycles. The minimum atomic E-state index is -0.345. The van der Waals surface area contributed by atoms with Gasteiger partial charge in [-0.25, -0.2) is 0 Å². The molecule has 0 saturated carbocycles. The van der Waals surface area contributed by atoms with Gasteiger partial charge in [-0.1, -0.05) is 57.5 Å². The van der Waals surface area contributed by atoms with Crippen LogP contribution < -0.4 is 5.32 Å². The maximum absolute atomic E-state index is 12.6. The molecule has 1 aromatic carbocycles. The van der Waals surface area contributed by atoms with Crippen LogP contribution >= 0.6 is 0 Å². The summed E-state index contributed by atoms with van der Waals surface area (Å²) >= 11 is 0. The van der Waals surface area contributed by atoms with Crippen LogP contribution in [0.2, 0.25) is 0 Å². The Labute approximate surface area is 124 Å². The van der Waals surface area contributed by atoms with Crippen LogP contribution in [-0.4, -0.2) is 5.91 Å². The molecule has 1 unspecified atom stereocenters. The standard InChI is InChI=1S/C18H29NO/c1-8-15(17(3,4)5)16(20)19-18(6,7)14-11-9-10-13(2)12-14/h9-12,15H,8H2,1-7H3,(H,19,20). The predicted octanol–water partition coefficient (Wildman–Crippen LogP) is 4.42. The second kappa shape index (κ2) is 5.99. The van der Waals surface area contributed by atoms with Gasteiger partial charge in [-0.2, -0.15) is 0 Å². The maximum atomic E-state index is 12.6. The normalized spacial score (nSPS) is 13.9. The monoisotopic (exact) mass is 275 g/mol. The average Bonchev–Trinajstić information content (AvgIpc) is 2.27. The van der Waals surface area contributed by atoms with E-state index in [0.717, 1.165) is 12.0 Å². The lowest BCUT2D eigenvalue weighted by molar-refractivity contribution is -0.130. The third kappa shape index (κ3) is 4.09. The third-order valence-corrected chi connectivity index (χ3v) is 3.95. The Kier molecular flexibility index (Phi) is 5.01. The van der Waals surface area contributed by atoms with Gasteiger partial charge in [-0.3, -0.25) is 4.79 Å². The number of amides is 1. The Morgan fingerprint density at radius 3 is 2.25 bits per heavy atom. The van der Waals surface area contributed by atoms with Gasteiger partial charge >= 0.3 is 0 Å². The number of rotatable bonds is 4. The zero-order valence-corrected chi connectivity index (χ0v) is 14.0. The number of benzene rings is 1. The number of carbonyl (C=O) groups is 1. The van der Waals surface area contributed by atoms with E-state index in [1.807, 2.05) is 6.07 Å². The fraction of sp³-hybridized carbons (Fsp3) is 0.611. The van der Waals surface area contributed by atoms with E-state index in [1.54, 1.807) is 0 Å². The molecule has 0 aliphatic heterocycles. The van der Waals surface area contributed by atoms with Crippen molar-refractivity contribution < 1.29 is 4.79 Å². The van der Waals surface area contributed by atoms with Crippen molar-refractivity contribution >= 4 is 5.91 Å². The smallest absolute Gasteiger partial charge is 0.224 e. The van der Waals surface area contributed by atoms with Gasteiger partial charge in [0.2, 0.25) is 5.91 Å². The lowest BCUT2D eigenvalue weighted by atomic mass is 9.78. The van der Waals surface area contributed by atoms with E-state index in [0.29, 0.717) is 0 Å². The Morgan fingerprint density at radius 1 is 1.20 bits per heavy atom. The molecule has 0 heterocycles. The van der Waals surface area contributed by atoms with Crippen molar-refractivity contribution in [3.8, 4) is 0 Å². The maximum Gasteiger partial charge on any atom is 0.224 e. The first-order valence-corrected chi connectivity index (χ1v) is 7.47. The molecule has 0 saturated heterocycles. The van der Waals surface area contributed by atoms with E-state index in [-0.39, 0.29) is 22.8 Å². The van der Waals surface area contributed by atoms with Crippen molar-refractivity contribution in [1.29, 1.82) is 0 Å². The van der Waals surface area contributed by atoms with Crippen molar-refractivity contribution in [2.45, 2.75) is 60.4 Å². The lowest BCUT2D eigenvalue weighted by Crippen LogP contribution is -2.46. The van der Waals surface area contributed by atoms with E-state index in [2.05, 4.69) is 72.0 Å². The van der Waals surface area contributed by atoms with Crippen LogP contribution in [0.3, 0.4) is 0 Å². The van der Waals surface area contributed by atoms with Crippen molar-refractivity contribution in [2.24, 2.45) is 11.3 Å². The van der Waals surface area contributed by atoms with Crippen LogP contribution in [0.1, 0.15) is 59.1 Å². The number of nitrogens with one attached hydrogen (secondary N) is 1. The summed E-state index contributed by atoms with van der Waals surface area (Å²) < 4.78 is 0. The summed E-state index contributed by atoms with van der Waals surface area (Å²) in [5.41, 5.74) is 2.01. The van der Waals surface area contributed by atoms with E-state index in [9.17, 15) is 4.79 Å². The molecule has 1 N–H and O–H groups in total. The molecule has 0 radical (unpaired) electrons. The average molecular weight is 275 g/mol. The van der Waals surface area contributed by atoms with Crippen LogP contribution in [0.25, 0.3) is 0 Å². The van der Waals surface area contributed by atoms with Crippen LogP contribution in [0.5, 0.6) is 0 Å². The molecule has 1 aromatic rings. The fourth-order valence-electron chi connectivity index (χ4n) is 2.69. The number of hydrogen-bond acceptors (Lipinski definition) is 1. The third-order valence-electron chi connectivity index (χ3n) is 3.95. The highest BCUT2D eigenvalue weighted by Gasteiger charge is 2.33. The summed E-state index contributed by atoms with van der Waals surface area (Å²) in [5.74, 6) is 0.179. The summed E-state index contributed by atoms with van der Waals surface area (Å²) in [6.07, 6.45) is 0.860. The summed E-state index contributed by atoms with van der Waals surface area (Å²) in [5, 5.41) is 3.22. The second-order valence-corrected chi connectivity index (χ2v) is 7.31. The van der Waals surface area contributed by atoms with Crippen LogP contribution in [-0.2, 0) is 10.3 Å². The van der Waals surface area contributed by atoms with Gasteiger partial charge in [-0.05, 0) is 38.2 Å². The number of hydrogen-bond donors (Lipinski definition) is 1. The molecule has 0 bridgehead atoms. The van der Waals surface area contributed by atoms with Gasteiger partial charge in [0.15, 0.2) is 0 Å². The van der Waals surface area contributed by atoms with Crippen LogP contribution in [0.4, 0.5) is 0 Å². The van der Waals surface area contributed by atoms with Crippen molar-refractivity contribution in [1.82, 2.24) is 5.32 Å². The first-order valence-electron chi connectivity index (χ1n) is 7.47. The van der Waals surface area contributed by atoms with E-state index >= 15 is 0 Å². The molecular formula is C18H29NO. The minimum Gasteiger partial charge on any atom is -0.347 e.